The molecule has 1 aromatic heterocycles. The van der Waals surface area contributed by atoms with Crippen molar-refractivity contribution in [2.45, 2.75) is 18.3 Å². The van der Waals surface area contributed by atoms with E-state index in [1.807, 2.05) is 17.2 Å². The topological polar surface area (TPSA) is 103 Å². The summed E-state index contributed by atoms with van der Waals surface area (Å²) in [5.74, 6) is 0.736. The summed E-state index contributed by atoms with van der Waals surface area (Å²) in [6, 6.07) is 4.56. The number of hydrogen-bond acceptors (Lipinski definition) is 6. The van der Waals surface area contributed by atoms with Crippen LogP contribution < -0.4 is 5.32 Å². The van der Waals surface area contributed by atoms with Crippen molar-refractivity contribution in [2.75, 3.05) is 5.32 Å². The molecule has 142 valence electrons. The van der Waals surface area contributed by atoms with Crippen molar-refractivity contribution < 1.29 is 23.1 Å². The SMILES string of the molecule is C#C[C@](O)(Cn1cc(C#N)cn1)C(=O)Nc1ccc(N=C=S)c(C(F)(F)F)c1. The third kappa shape index (κ3) is 4.61. The Morgan fingerprint density at radius 3 is 2.71 bits per heavy atom. The minimum Gasteiger partial charge on any atom is -0.368 e. The van der Waals surface area contributed by atoms with Gasteiger partial charge in [0, 0.05) is 11.9 Å². The summed E-state index contributed by atoms with van der Waals surface area (Å²) >= 11 is 4.32. The molecule has 28 heavy (non-hydrogen) atoms. The molecule has 7 nitrogen and oxygen atoms in total. The Labute approximate surface area is 162 Å². The summed E-state index contributed by atoms with van der Waals surface area (Å²) in [5, 5.41) is 26.9. The van der Waals surface area contributed by atoms with Gasteiger partial charge in [-0.05, 0) is 30.4 Å². The van der Waals surface area contributed by atoms with E-state index in [0.717, 1.165) is 16.8 Å². The predicted octanol–water partition coefficient (Wildman–Crippen LogP) is 2.51. The smallest absolute Gasteiger partial charge is 0.368 e. The van der Waals surface area contributed by atoms with E-state index in [2.05, 4.69) is 27.6 Å². The Hall–Kier alpha value is -3.50. The van der Waals surface area contributed by atoms with Crippen molar-refractivity contribution >= 4 is 34.7 Å². The van der Waals surface area contributed by atoms with Crippen LogP contribution in [0, 0.1) is 23.7 Å². The number of rotatable bonds is 5. The van der Waals surface area contributed by atoms with Gasteiger partial charge in [0.15, 0.2) is 0 Å². The highest BCUT2D eigenvalue weighted by Gasteiger charge is 2.37. The summed E-state index contributed by atoms with van der Waals surface area (Å²) in [7, 11) is 0. The molecule has 2 N–H and O–H groups in total. The molecule has 0 unspecified atom stereocenters. The number of nitrogens with one attached hydrogen (secondary N) is 1. The zero-order valence-corrected chi connectivity index (χ0v) is 14.7. The number of anilines is 1. The third-order valence-electron chi connectivity index (χ3n) is 3.49. The maximum atomic E-state index is 13.2. The second-order valence-corrected chi connectivity index (χ2v) is 5.61. The van der Waals surface area contributed by atoms with Gasteiger partial charge < -0.3 is 10.4 Å². The fourth-order valence-corrected chi connectivity index (χ4v) is 2.25. The van der Waals surface area contributed by atoms with Gasteiger partial charge in [0.1, 0.15) is 6.07 Å². The van der Waals surface area contributed by atoms with Crippen LogP contribution in [-0.4, -0.2) is 31.6 Å². The van der Waals surface area contributed by atoms with Crippen molar-refractivity contribution in [3.8, 4) is 18.4 Å². The minimum absolute atomic E-state index is 0.171. The average Bonchev–Trinajstić information content (AvgIpc) is 3.09. The molecule has 1 heterocycles. The maximum Gasteiger partial charge on any atom is 0.418 e. The standard InChI is InChI=1S/C17H10F3N5O2S/c1-2-16(27,9-25-8-11(6-21)7-23-25)15(26)24-12-3-4-14(22-10-28)13(5-12)17(18,19)20/h1,3-5,7-8,27H,9H2,(H,24,26)/t16-/m0/s1. The number of terminal acetylenes is 1. The van der Waals surface area contributed by atoms with Gasteiger partial charge >= 0.3 is 6.18 Å². The number of halogens is 3. The summed E-state index contributed by atoms with van der Waals surface area (Å²) in [5.41, 5.74) is -4.16. The second-order valence-electron chi connectivity index (χ2n) is 5.43. The number of hydrogen-bond donors (Lipinski definition) is 2. The largest absolute Gasteiger partial charge is 0.418 e. The van der Waals surface area contributed by atoms with E-state index in [1.165, 1.54) is 12.4 Å². The third-order valence-corrected chi connectivity index (χ3v) is 3.58. The predicted molar refractivity (Wildman–Crippen MR) is 95.5 cm³/mol. The van der Waals surface area contributed by atoms with Crippen LogP contribution in [0.3, 0.4) is 0 Å². The van der Waals surface area contributed by atoms with Crippen molar-refractivity contribution in [1.29, 1.82) is 5.26 Å². The van der Waals surface area contributed by atoms with Gasteiger partial charge in [-0.15, -0.1) is 6.42 Å². The second kappa shape index (κ2) is 8.03. The molecular weight excluding hydrogens is 395 g/mol. The van der Waals surface area contributed by atoms with Crippen LogP contribution in [0.5, 0.6) is 0 Å². The Morgan fingerprint density at radius 2 is 2.18 bits per heavy atom. The number of alkyl halides is 3. The number of isothiocyanates is 1. The molecule has 0 aliphatic heterocycles. The van der Waals surface area contributed by atoms with Crippen molar-refractivity contribution in [3.63, 3.8) is 0 Å². The average molecular weight is 405 g/mol. The van der Waals surface area contributed by atoms with Gasteiger partial charge in [-0.2, -0.15) is 28.5 Å². The van der Waals surface area contributed by atoms with E-state index in [4.69, 9.17) is 11.7 Å². The monoisotopic (exact) mass is 405 g/mol. The summed E-state index contributed by atoms with van der Waals surface area (Å²) in [6.45, 7) is -0.517. The van der Waals surface area contributed by atoms with Crippen LogP contribution in [-0.2, 0) is 17.5 Å². The molecule has 0 radical (unpaired) electrons. The first-order chi connectivity index (χ1) is 13.1. The number of aromatic nitrogens is 2. The molecule has 2 aromatic rings. The lowest BCUT2D eigenvalue weighted by molar-refractivity contribution is -0.137. The Kier molecular flexibility index (Phi) is 5.96. The molecule has 0 saturated carbocycles. The van der Waals surface area contributed by atoms with Crippen LogP contribution >= 0.6 is 12.2 Å². The highest BCUT2D eigenvalue weighted by molar-refractivity contribution is 7.78. The number of nitriles is 1. The molecule has 1 amide bonds. The molecule has 11 heteroatoms. The van der Waals surface area contributed by atoms with Gasteiger partial charge in [-0.25, -0.2) is 0 Å². The molecule has 1 atom stereocenters. The molecule has 0 bridgehead atoms. The van der Waals surface area contributed by atoms with E-state index in [0.29, 0.717) is 6.07 Å². The highest BCUT2D eigenvalue weighted by Crippen LogP contribution is 2.38. The number of carbonyl (C=O) groups is 1. The van der Waals surface area contributed by atoms with E-state index >= 15 is 0 Å². The van der Waals surface area contributed by atoms with E-state index in [9.17, 15) is 23.1 Å². The fourth-order valence-electron chi connectivity index (χ4n) is 2.15. The van der Waals surface area contributed by atoms with Crippen molar-refractivity contribution in [1.82, 2.24) is 9.78 Å². The quantitative estimate of drug-likeness (QED) is 0.452. The Bertz CT molecular complexity index is 1040. The van der Waals surface area contributed by atoms with Gasteiger partial charge in [0.05, 0.1) is 34.7 Å². The molecule has 0 saturated heterocycles. The number of aliphatic imine (C=N–C) groups is 1. The van der Waals surface area contributed by atoms with E-state index in [1.54, 1.807) is 0 Å². The van der Waals surface area contributed by atoms with Gasteiger partial charge in [-0.3, -0.25) is 9.48 Å². The molecule has 0 aliphatic rings. The van der Waals surface area contributed by atoms with Crippen molar-refractivity contribution in [3.05, 3.63) is 41.7 Å². The zero-order valence-electron chi connectivity index (χ0n) is 13.9. The number of carbonyl (C=O) groups excluding carboxylic acids is 1. The van der Waals surface area contributed by atoms with E-state index < -0.39 is 35.5 Å². The van der Waals surface area contributed by atoms with Crippen LogP contribution in [0.25, 0.3) is 0 Å². The molecule has 0 spiro atoms. The summed E-state index contributed by atoms with van der Waals surface area (Å²) < 4.78 is 40.5. The number of amides is 1. The lowest BCUT2D eigenvalue weighted by Gasteiger charge is -2.21. The minimum atomic E-state index is -4.77. The van der Waals surface area contributed by atoms with Crippen LogP contribution in [0.2, 0.25) is 0 Å². The number of nitrogens with zero attached hydrogens (tertiary/aromatic N) is 4. The highest BCUT2D eigenvalue weighted by atomic mass is 32.1. The number of benzene rings is 1. The molecular formula is C17H10F3N5O2S. The van der Waals surface area contributed by atoms with Crippen molar-refractivity contribution in [2.24, 2.45) is 4.99 Å². The van der Waals surface area contributed by atoms with Crippen LogP contribution in [0.1, 0.15) is 11.1 Å². The van der Waals surface area contributed by atoms with Gasteiger partial charge in [0.25, 0.3) is 5.91 Å². The first kappa shape index (κ1) is 20.8. The maximum absolute atomic E-state index is 13.2. The first-order valence-electron chi connectivity index (χ1n) is 7.36. The first-order valence-corrected chi connectivity index (χ1v) is 7.77. The number of aliphatic hydroxyl groups is 1. The normalized spacial score (nSPS) is 12.8. The van der Waals surface area contributed by atoms with Gasteiger partial charge in [-0.1, -0.05) is 5.92 Å². The summed E-state index contributed by atoms with van der Waals surface area (Å²) in [6.07, 6.45) is 2.90. The fraction of sp³-hybridized carbons (Fsp3) is 0.176. The molecule has 1 aromatic carbocycles. The Morgan fingerprint density at radius 1 is 1.46 bits per heavy atom. The summed E-state index contributed by atoms with van der Waals surface area (Å²) in [4.78, 5) is 15.7. The molecule has 0 fully saturated rings. The van der Waals surface area contributed by atoms with Crippen LogP contribution in [0.15, 0.2) is 35.6 Å². The number of thiocarbonyl (C=S) groups is 1. The van der Waals surface area contributed by atoms with Crippen LogP contribution in [0.4, 0.5) is 24.5 Å². The molecule has 0 aliphatic carbocycles. The van der Waals surface area contributed by atoms with E-state index in [-0.39, 0.29) is 11.3 Å². The lowest BCUT2D eigenvalue weighted by Crippen LogP contribution is -2.45. The van der Waals surface area contributed by atoms with Gasteiger partial charge in [0.2, 0.25) is 5.60 Å². The Balaban J connectivity index is 2.30. The lowest BCUT2D eigenvalue weighted by atomic mass is 10.0. The molecule has 2 rings (SSSR count). The zero-order chi connectivity index (χ0) is 20.9.